The molecule has 9 heavy (non-hydrogen) atoms. The van der Waals surface area contributed by atoms with Gasteiger partial charge in [0.2, 0.25) is 0 Å². The Bertz CT molecular complexity index is 65.9. The van der Waals surface area contributed by atoms with Crippen molar-refractivity contribution in [2.75, 3.05) is 13.6 Å². The van der Waals surface area contributed by atoms with Crippen LogP contribution in [0, 0.1) is 0 Å². The van der Waals surface area contributed by atoms with E-state index in [0.717, 1.165) is 19.4 Å². The molecule has 0 aromatic rings. The van der Waals surface area contributed by atoms with Gasteiger partial charge in [-0.1, -0.05) is 13.8 Å². The summed E-state index contributed by atoms with van der Waals surface area (Å²) in [4.78, 5) is 1.96. The predicted molar refractivity (Wildman–Crippen MR) is 39.2 cm³/mol. The lowest BCUT2D eigenvalue weighted by atomic mass is 10.3. The van der Waals surface area contributed by atoms with E-state index in [4.69, 9.17) is 0 Å². The van der Waals surface area contributed by atoms with Crippen LogP contribution in [0.4, 0.5) is 0 Å². The minimum Gasteiger partial charge on any atom is -0.378 e. The van der Waals surface area contributed by atoms with E-state index in [-0.39, 0.29) is 6.23 Å². The number of hydrogen-bond acceptors (Lipinski definition) is 2. The minimum atomic E-state index is -0.245. The van der Waals surface area contributed by atoms with Crippen molar-refractivity contribution < 1.29 is 5.11 Å². The summed E-state index contributed by atoms with van der Waals surface area (Å²) in [7, 11) is 1.94. The van der Waals surface area contributed by atoms with Gasteiger partial charge in [-0.25, -0.2) is 0 Å². The van der Waals surface area contributed by atoms with E-state index in [9.17, 15) is 5.11 Å². The van der Waals surface area contributed by atoms with Crippen LogP contribution in [0.2, 0.25) is 0 Å². The molecule has 2 heteroatoms. The molecule has 0 rings (SSSR count). The fraction of sp³-hybridized carbons (Fsp3) is 1.00. The molecule has 0 bridgehead atoms. The lowest BCUT2D eigenvalue weighted by Gasteiger charge is -2.20. The third-order valence-corrected chi connectivity index (χ3v) is 1.45. The zero-order chi connectivity index (χ0) is 7.28. The summed E-state index contributed by atoms with van der Waals surface area (Å²) in [6.07, 6.45) is 1.68. The molecule has 0 aliphatic carbocycles. The molecule has 0 saturated heterocycles. The van der Waals surface area contributed by atoms with Gasteiger partial charge in [0, 0.05) is 0 Å². The summed E-state index contributed by atoms with van der Waals surface area (Å²) < 4.78 is 0. The quantitative estimate of drug-likeness (QED) is 0.577. The largest absolute Gasteiger partial charge is 0.378 e. The summed E-state index contributed by atoms with van der Waals surface area (Å²) in [5.74, 6) is 0. The Hall–Kier alpha value is -0.0800. The lowest BCUT2D eigenvalue weighted by Crippen LogP contribution is -2.31. The van der Waals surface area contributed by atoms with Crippen LogP contribution in [-0.4, -0.2) is 29.8 Å². The van der Waals surface area contributed by atoms with Gasteiger partial charge in [0.15, 0.2) is 0 Å². The van der Waals surface area contributed by atoms with Crippen molar-refractivity contribution in [1.29, 1.82) is 0 Å². The first kappa shape index (κ1) is 8.92. The maximum atomic E-state index is 9.18. The molecule has 0 aliphatic heterocycles. The maximum absolute atomic E-state index is 9.18. The zero-order valence-corrected chi connectivity index (χ0v) is 6.59. The third-order valence-electron chi connectivity index (χ3n) is 1.45. The highest BCUT2D eigenvalue weighted by atomic mass is 16.3. The molecule has 0 saturated carbocycles. The van der Waals surface area contributed by atoms with E-state index in [2.05, 4.69) is 6.92 Å². The van der Waals surface area contributed by atoms with Gasteiger partial charge in [0.1, 0.15) is 6.23 Å². The molecule has 0 aromatic carbocycles. The highest BCUT2D eigenvalue weighted by Crippen LogP contribution is 1.96. The third kappa shape index (κ3) is 3.49. The van der Waals surface area contributed by atoms with Gasteiger partial charge in [0.05, 0.1) is 0 Å². The van der Waals surface area contributed by atoms with Crippen molar-refractivity contribution in [3.63, 3.8) is 0 Å². The van der Waals surface area contributed by atoms with Crippen LogP contribution >= 0.6 is 0 Å². The van der Waals surface area contributed by atoms with E-state index < -0.39 is 0 Å². The van der Waals surface area contributed by atoms with Gasteiger partial charge in [-0.15, -0.1) is 0 Å². The fourth-order valence-electron chi connectivity index (χ4n) is 0.813. The molecule has 0 amide bonds. The van der Waals surface area contributed by atoms with E-state index in [0.29, 0.717) is 0 Å². The first-order valence-electron chi connectivity index (χ1n) is 3.60. The molecular formula is C7H17NO. The van der Waals surface area contributed by atoms with Crippen molar-refractivity contribution in [2.24, 2.45) is 0 Å². The van der Waals surface area contributed by atoms with E-state index in [1.54, 1.807) is 0 Å². The Labute approximate surface area is 57.5 Å². The Balaban J connectivity index is 3.32. The van der Waals surface area contributed by atoms with Gasteiger partial charge in [-0.05, 0) is 26.4 Å². The summed E-state index contributed by atoms with van der Waals surface area (Å²) in [6.45, 7) is 5.07. The summed E-state index contributed by atoms with van der Waals surface area (Å²) in [6, 6.07) is 0. The Morgan fingerprint density at radius 1 is 1.44 bits per heavy atom. The molecule has 0 radical (unpaired) electrons. The summed E-state index contributed by atoms with van der Waals surface area (Å²) in [5.41, 5.74) is 0. The molecule has 56 valence electrons. The van der Waals surface area contributed by atoms with Crippen molar-refractivity contribution in [2.45, 2.75) is 32.9 Å². The zero-order valence-electron chi connectivity index (χ0n) is 6.59. The molecule has 2 nitrogen and oxygen atoms in total. The highest BCUT2D eigenvalue weighted by molar-refractivity contribution is 4.51. The SMILES string of the molecule is CCCN(C)C(O)CC. The van der Waals surface area contributed by atoms with E-state index >= 15 is 0 Å². The molecule has 1 N–H and O–H groups in total. The first-order chi connectivity index (χ1) is 4.22. The number of rotatable bonds is 4. The van der Waals surface area contributed by atoms with Crippen LogP contribution in [0.5, 0.6) is 0 Å². The molecule has 0 aromatic heterocycles. The molecule has 0 fully saturated rings. The summed E-state index contributed by atoms with van der Waals surface area (Å²) >= 11 is 0. The Kier molecular flexibility index (Phi) is 4.72. The topological polar surface area (TPSA) is 23.5 Å². The summed E-state index contributed by atoms with van der Waals surface area (Å²) in [5, 5.41) is 9.18. The maximum Gasteiger partial charge on any atom is 0.106 e. The van der Waals surface area contributed by atoms with Gasteiger partial charge in [0.25, 0.3) is 0 Å². The highest BCUT2D eigenvalue weighted by Gasteiger charge is 2.04. The molecule has 1 atom stereocenters. The predicted octanol–water partition coefficient (Wildman–Crippen LogP) is 1.06. The van der Waals surface area contributed by atoms with Gasteiger partial charge in [-0.3, -0.25) is 4.90 Å². The molecule has 0 aliphatic rings. The molecule has 0 spiro atoms. The average molecular weight is 131 g/mol. The van der Waals surface area contributed by atoms with Crippen LogP contribution in [0.15, 0.2) is 0 Å². The molecular weight excluding hydrogens is 114 g/mol. The van der Waals surface area contributed by atoms with Crippen LogP contribution < -0.4 is 0 Å². The van der Waals surface area contributed by atoms with Crippen molar-refractivity contribution in [3.05, 3.63) is 0 Å². The lowest BCUT2D eigenvalue weighted by molar-refractivity contribution is 0.0198. The van der Waals surface area contributed by atoms with Gasteiger partial charge in [-0.2, -0.15) is 0 Å². The van der Waals surface area contributed by atoms with Crippen LogP contribution in [-0.2, 0) is 0 Å². The van der Waals surface area contributed by atoms with Crippen molar-refractivity contribution >= 4 is 0 Å². The Morgan fingerprint density at radius 3 is 2.33 bits per heavy atom. The number of aliphatic hydroxyl groups excluding tert-OH is 1. The first-order valence-corrected chi connectivity index (χ1v) is 3.60. The second-order valence-electron chi connectivity index (χ2n) is 2.37. The van der Waals surface area contributed by atoms with Crippen LogP contribution in [0.1, 0.15) is 26.7 Å². The van der Waals surface area contributed by atoms with Crippen molar-refractivity contribution in [3.8, 4) is 0 Å². The van der Waals surface area contributed by atoms with Crippen LogP contribution in [0.3, 0.4) is 0 Å². The Morgan fingerprint density at radius 2 is 2.00 bits per heavy atom. The fourth-order valence-corrected chi connectivity index (χ4v) is 0.813. The smallest absolute Gasteiger partial charge is 0.106 e. The van der Waals surface area contributed by atoms with Gasteiger partial charge < -0.3 is 5.11 Å². The van der Waals surface area contributed by atoms with E-state index in [1.807, 2.05) is 18.9 Å². The normalized spacial score (nSPS) is 14.3. The van der Waals surface area contributed by atoms with Crippen molar-refractivity contribution in [1.82, 2.24) is 4.90 Å². The van der Waals surface area contributed by atoms with Crippen LogP contribution in [0.25, 0.3) is 0 Å². The minimum absolute atomic E-state index is 0.245. The second kappa shape index (κ2) is 4.77. The van der Waals surface area contributed by atoms with Gasteiger partial charge >= 0.3 is 0 Å². The second-order valence-corrected chi connectivity index (χ2v) is 2.37. The number of aliphatic hydroxyl groups is 1. The molecule has 1 unspecified atom stereocenters. The average Bonchev–Trinajstić information content (AvgIpc) is 1.87. The standard InChI is InChI=1S/C7H17NO/c1-4-6-8(3)7(9)5-2/h7,9H,4-6H2,1-3H3. The number of nitrogens with zero attached hydrogens (tertiary/aromatic N) is 1. The number of hydrogen-bond donors (Lipinski definition) is 1. The van der Waals surface area contributed by atoms with E-state index in [1.165, 1.54) is 0 Å². The molecule has 0 heterocycles. The monoisotopic (exact) mass is 131 g/mol.